The molecule has 2 unspecified atom stereocenters. The van der Waals surface area contributed by atoms with Crippen molar-refractivity contribution in [2.45, 2.75) is 18.8 Å². The number of aliphatic hydroxyl groups excluding tert-OH is 2. The maximum Gasteiger partial charge on any atom is 0.407 e. The number of anilines is 1. The van der Waals surface area contributed by atoms with Crippen molar-refractivity contribution >= 4 is 11.8 Å². The zero-order chi connectivity index (χ0) is 16.7. The highest BCUT2D eigenvalue weighted by Gasteiger charge is 2.19. The number of ether oxygens (including phenoxy) is 1. The Kier molecular flexibility index (Phi) is 5.90. The number of hydrogen-bond donors (Lipinski definition) is 4. The topological polar surface area (TPSA) is 118 Å². The van der Waals surface area contributed by atoms with E-state index in [1.807, 2.05) is 30.3 Å². The standard InChI is InChI=1S/C16H19N3O4/c17-13-6-12(7-18-8-13)15(21)14(20)9-19-16(22)23-10-11-4-2-1-3-5-11/h1-8,14-15,20-21H,9-10,17H2,(H,19,22). The molecule has 7 heteroatoms. The van der Waals surface area contributed by atoms with E-state index in [1.54, 1.807) is 0 Å². The number of rotatable bonds is 6. The van der Waals surface area contributed by atoms with Gasteiger partial charge in [0, 0.05) is 24.5 Å². The summed E-state index contributed by atoms with van der Waals surface area (Å²) in [6, 6.07) is 10.7. The van der Waals surface area contributed by atoms with E-state index in [-0.39, 0.29) is 13.2 Å². The maximum absolute atomic E-state index is 11.6. The Morgan fingerprint density at radius 2 is 2.00 bits per heavy atom. The van der Waals surface area contributed by atoms with Gasteiger partial charge in [-0.05, 0) is 11.6 Å². The fourth-order valence-electron chi connectivity index (χ4n) is 1.93. The van der Waals surface area contributed by atoms with Crippen LogP contribution < -0.4 is 11.1 Å². The number of hydrogen-bond acceptors (Lipinski definition) is 6. The summed E-state index contributed by atoms with van der Waals surface area (Å²) in [5.74, 6) is 0. The maximum atomic E-state index is 11.6. The van der Waals surface area contributed by atoms with E-state index in [9.17, 15) is 15.0 Å². The minimum Gasteiger partial charge on any atom is -0.445 e. The van der Waals surface area contributed by atoms with E-state index in [2.05, 4.69) is 10.3 Å². The number of amides is 1. The van der Waals surface area contributed by atoms with Crippen LogP contribution in [0.3, 0.4) is 0 Å². The van der Waals surface area contributed by atoms with E-state index in [1.165, 1.54) is 18.5 Å². The van der Waals surface area contributed by atoms with Crippen LogP contribution >= 0.6 is 0 Å². The van der Waals surface area contributed by atoms with Crippen LogP contribution in [0, 0.1) is 0 Å². The quantitative estimate of drug-likeness (QED) is 0.631. The summed E-state index contributed by atoms with van der Waals surface area (Å²) in [5, 5.41) is 22.3. The molecule has 0 aliphatic rings. The molecule has 1 aromatic heterocycles. The molecule has 0 aliphatic carbocycles. The van der Waals surface area contributed by atoms with Crippen molar-refractivity contribution in [2.75, 3.05) is 12.3 Å². The van der Waals surface area contributed by atoms with Crippen LogP contribution in [-0.4, -0.2) is 33.9 Å². The minimum absolute atomic E-state index is 0.129. The van der Waals surface area contributed by atoms with Crippen molar-refractivity contribution in [3.63, 3.8) is 0 Å². The van der Waals surface area contributed by atoms with E-state index >= 15 is 0 Å². The number of nitrogens with two attached hydrogens (primary N) is 1. The zero-order valence-electron chi connectivity index (χ0n) is 12.4. The van der Waals surface area contributed by atoms with Crippen LogP contribution in [0.25, 0.3) is 0 Å². The lowest BCUT2D eigenvalue weighted by Crippen LogP contribution is -2.35. The van der Waals surface area contributed by atoms with Gasteiger partial charge < -0.3 is 26.0 Å². The van der Waals surface area contributed by atoms with Gasteiger partial charge in [0.2, 0.25) is 0 Å². The van der Waals surface area contributed by atoms with Crippen LogP contribution in [0.4, 0.5) is 10.5 Å². The first kappa shape index (κ1) is 16.7. The lowest BCUT2D eigenvalue weighted by atomic mass is 10.1. The van der Waals surface area contributed by atoms with Crippen molar-refractivity contribution in [1.29, 1.82) is 0 Å². The highest BCUT2D eigenvalue weighted by Crippen LogP contribution is 2.17. The highest BCUT2D eigenvalue weighted by atomic mass is 16.5. The average Bonchev–Trinajstić information content (AvgIpc) is 2.58. The molecule has 2 rings (SSSR count). The van der Waals surface area contributed by atoms with E-state index in [0.717, 1.165) is 5.56 Å². The number of alkyl carbamates (subject to hydrolysis) is 1. The Bertz CT molecular complexity index is 636. The van der Waals surface area contributed by atoms with Crippen molar-refractivity contribution < 1.29 is 19.7 Å². The molecule has 122 valence electrons. The molecule has 2 atom stereocenters. The normalized spacial score (nSPS) is 13.1. The molecule has 0 saturated carbocycles. The average molecular weight is 317 g/mol. The molecule has 0 radical (unpaired) electrons. The molecule has 7 nitrogen and oxygen atoms in total. The predicted molar refractivity (Wildman–Crippen MR) is 84.2 cm³/mol. The molecule has 1 aromatic carbocycles. The third kappa shape index (κ3) is 5.24. The van der Waals surface area contributed by atoms with Gasteiger partial charge in [0.1, 0.15) is 18.8 Å². The van der Waals surface area contributed by atoms with Crippen molar-refractivity contribution in [2.24, 2.45) is 0 Å². The Labute approximate surface area is 133 Å². The Morgan fingerprint density at radius 3 is 2.70 bits per heavy atom. The number of pyridine rings is 1. The fourth-order valence-corrected chi connectivity index (χ4v) is 1.93. The first-order valence-electron chi connectivity index (χ1n) is 7.07. The lowest BCUT2D eigenvalue weighted by Gasteiger charge is -2.18. The summed E-state index contributed by atoms with van der Waals surface area (Å²) >= 11 is 0. The second-order valence-corrected chi connectivity index (χ2v) is 5.01. The number of nitrogen functional groups attached to an aromatic ring is 1. The molecular formula is C16H19N3O4. The van der Waals surface area contributed by atoms with Crippen molar-refractivity contribution in [3.8, 4) is 0 Å². The number of nitrogens with zero attached hydrogens (tertiary/aromatic N) is 1. The van der Waals surface area contributed by atoms with Crippen LogP contribution in [0.1, 0.15) is 17.2 Å². The predicted octanol–water partition coefficient (Wildman–Crippen LogP) is 0.984. The SMILES string of the molecule is Nc1cncc(C(O)C(O)CNC(=O)OCc2ccccc2)c1. The van der Waals surface area contributed by atoms with Crippen molar-refractivity contribution in [3.05, 3.63) is 59.9 Å². The van der Waals surface area contributed by atoms with Crippen LogP contribution in [0.15, 0.2) is 48.8 Å². The smallest absolute Gasteiger partial charge is 0.407 e. The van der Waals surface area contributed by atoms with Gasteiger partial charge in [-0.2, -0.15) is 0 Å². The summed E-state index contributed by atoms with van der Waals surface area (Å²) < 4.78 is 5.01. The number of aromatic nitrogens is 1. The Morgan fingerprint density at radius 1 is 1.26 bits per heavy atom. The third-order valence-electron chi connectivity index (χ3n) is 3.15. The molecule has 1 amide bonds. The second kappa shape index (κ2) is 8.11. The summed E-state index contributed by atoms with van der Waals surface area (Å²) in [6.07, 6.45) is -0.256. The number of benzene rings is 1. The first-order valence-corrected chi connectivity index (χ1v) is 7.07. The Balaban J connectivity index is 1.77. The molecule has 5 N–H and O–H groups in total. The number of nitrogens with one attached hydrogen (secondary N) is 1. The molecule has 0 saturated heterocycles. The molecular weight excluding hydrogens is 298 g/mol. The lowest BCUT2D eigenvalue weighted by molar-refractivity contribution is 0.0182. The fraction of sp³-hybridized carbons (Fsp3) is 0.250. The summed E-state index contributed by atoms with van der Waals surface area (Å²) in [6.45, 7) is -0.0337. The van der Waals surface area contributed by atoms with Gasteiger partial charge >= 0.3 is 6.09 Å². The van der Waals surface area contributed by atoms with Gasteiger partial charge in [-0.15, -0.1) is 0 Å². The molecule has 0 aliphatic heterocycles. The van der Waals surface area contributed by atoms with Crippen molar-refractivity contribution in [1.82, 2.24) is 10.3 Å². The monoisotopic (exact) mass is 317 g/mol. The summed E-state index contributed by atoms with van der Waals surface area (Å²) in [7, 11) is 0. The van der Waals surface area contributed by atoms with Gasteiger partial charge in [-0.3, -0.25) is 4.98 Å². The van der Waals surface area contributed by atoms with E-state index < -0.39 is 18.3 Å². The molecule has 0 bridgehead atoms. The van der Waals surface area contributed by atoms with E-state index in [0.29, 0.717) is 11.3 Å². The van der Waals surface area contributed by atoms with Gasteiger partial charge in [0.15, 0.2) is 0 Å². The van der Waals surface area contributed by atoms with Gasteiger partial charge in [-0.25, -0.2) is 4.79 Å². The highest BCUT2D eigenvalue weighted by molar-refractivity contribution is 5.67. The number of carbonyl (C=O) groups is 1. The van der Waals surface area contributed by atoms with Crippen LogP contribution in [-0.2, 0) is 11.3 Å². The molecule has 2 aromatic rings. The van der Waals surface area contributed by atoms with Gasteiger partial charge in [0.05, 0.1) is 5.69 Å². The van der Waals surface area contributed by atoms with E-state index in [4.69, 9.17) is 10.5 Å². The third-order valence-corrected chi connectivity index (χ3v) is 3.15. The summed E-state index contributed by atoms with van der Waals surface area (Å²) in [4.78, 5) is 15.4. The molecule has 1 heterocycles. The van der Waals surface area contributed by atoms with Gasteiger partial charge in [0.25, 0.3) is 0 Å². The minimum atomic E-state index is -1.21. The Hall–Kier alpha value is -2.64. The van der Waals surface area contributed by atoms with Gasteiger partial charge in [-0.1, -0.05) is 30.3 Å². The molecule has 0 fully saturated rings. The summed E-state index contributed by atoms with van der Waals surface area (Å²) in [5.41, 5.74) is 7.18. The number of carbonyl (C=O) groups excluding carboxylic acids is 1. The first-order chi connectivity index (χ1) is 11.1. The second-order valence-electron chi connectivity index (χ2n) is 5.01. The zero-order valence-corrected chi connectivity index (χ0v) is 12.4. The van der Waals surface area contributed by atoms with Crippen LogP contribution in [0.2, 0.25) is 0 Å². The molecule has 0 spiro atoms. The largest absolute Gasteiger partial charge is 0.445 e. The molecule has 23 heavy (non-hydrogen) atoms. The number of aliphatic hydroxyl groups is 2. The van der Waals surface area contributed by atoms with Crippen LogP contribution in [0.5, 0.6) is 0 Å².